The average molecular weight is 388 g/mol. The van der Waals surface area contributed by atoms with Crippen LogP contribution in [0.25, 0.3) is 0 Å². The number of carbonyl (C=O) groups is 1. The molecule has 0 saturated carbocycles. The first-order valence-corrected chi connectivity index (χ1v) is 8.94. The molecule has 1 aromatic heterocycles. The van der Waals surface area contributed by atoms with Crippen molar-refractivity contribution in [3.63, 3.8) is 0 Å². The van der Waals surface area contributed by atoms with Crippen molar-refractivity contribution in [2.75, 3.05) is 6.61 Å². The van der Waals surface area contributed by atoms with Crippen LogP contribution in [0.3, 0.4) is 0 Å². The first kappa shape index (κ1) is 19.8. The van der Waals surface area contributed by atoms with E-state index < -0.39 is 9.89 Å². The molecule has 0 radical (unpaired) electrons. The fourth-order valence-corrected chi connectivity index (χ4v) is 2.79. The van der Waals surface area contributed by atoms with Crippen LogP contribution >= 0.6 is 46.3 Å². The van der Waals surface area contributed by atoms with Gasteiger partial charge in [0.25, 0.3) is 0 Å². The van der Waals surface area contributed by atoms with Crippen molar-refractivity contribution in [3.05, 3.63) is 16.4 Å². The number of nitrogens with zero attached hydrogens (tertiary/aromatic N) is 2. The van der Waals surface area contributed by atoms with Gasteiger partial charge in [-0.3, -0.25) is 3.96 Å². The lowest BCUT2D eigenvalue weighted by Crippen LogP contribution is -2.18. The Labute approximate surface area is 150 Å². The van der Waals surface area contributed by atoms with Crippen LogP contribution in [0.4, 0.5) is 4.79 Å². The minimum atomic E-state index is -1.63. The van der Waals surface area contributed by atoms with Gasteiger partial charge in [-0.05, 0) is 45.1 Å². The number of amides is 1. The van der Waals surface area contributed by atoms with Crippen molar-refractivity contribution in [3.8, 4) is 0 Å². The van der Waals surface area contributed by atoms with Gasteiger partial charge < -0.3 is 4.74 Å². The second-order valence-corrected chi connectivity index (χ2v) is 9.41. The highest BCUT2D eigenvalue weighted by Gasteiger charge is 2.22. The van der Waals surface area contributed by atoms with Gasteiger partial charge in [0.15, 0.2) is 0 Å². The van der Waals surface area contributed by atoms with Gasteiger partial charge >= 0.3 is 6.09 Å². The zero-order chi connectivity index (χ0) is 17.0. The van der Waals surface area contributed by atoms with Crippen LogP contribution in [0.1, 0.15) is 46.1 Å². The highest BCUT2D eigenvalue weighted by molar-refractivity contribution is 7.04. The Hall–Kier alpha value is -0.230. The summed E-state index contributed by atoms with van der Waals surface area (Å²) in [6.07, 6.45) is 4.27. The summed E-state index contributed by atoms with van der Waals surface area (Å²) in [5.74, 6) is 0. The maximum absolute atomic E-state index is 11.8. The summed E-state index contributed by atoms with van der Waals surface area (Å²) in [6, 6.07) is 0. The molecule has 0 bridgehead atoms. The molecule has 1 rings (SSSR count). The molecule has 1 heterocycles. The van der Waals surface area contributed by atoms with Gasteiger partial charge in [-0.15, -0.1) is 0 Å². The Morgan fingerprint density at radius 1 is 1.36 bits per heavy atom. The Balaban J connectivity index is 3.01. The molecule has 0 atom stereocenters. The molecule has 22 heavy (non-hydrogen) atoms. The Bertz CT molecular complexity index is 568. The number of carbonyl (C=O) groups excluding carboxylic acids is 1. The SMILES string of the molecule is CCCCc1cn(C(C)(C)C)s/c1=N\C(=O)OCC(Cl)(Cl)Cl. The standard InChI is InChI=1S/C14H21Cl3N2O2S/c1-5-6-7-10-8-19(13(2,3)4)22-11(10)18-12(20)21-9-14(15,16)17/h8H,5-7,9H2,1-4H3/b18-11-. The summed E-state index contributed by atoms with van der Waals surface area (Å²) in [7, 11) is 0. The molecule has 0 N–H and O–H groups in total. The van der Waals surface area contributed by atoms with E-state index in [0.29, 0.717) is 4.67 Å². The average Bonchev–Trinajstić information content (AvgIpc) is 2.76. The predicted octanol–water partition coefficient (Wildman–Crippen LogP) is 5.05. The van der Waals surface area contributed by atoms with Gasteiger partial charge in [0.05, 0.1) is 0 Å². The molecule has 0 fully saturated rings. The molecule has 0 spiro atoms. The Kier molecular flexibility index (Phi) is 7.24. The number of rotatable bonds is 4. The van der Waals surface area contributed by atoms with Gasteiger partial charge in [-0.25, -0.2) is 4.79 Å². The maximum Gasteiger partial charge on any atom is 0.435 e. The number of halogens is 3. The quantitative estimate of drug-likeness (QED) is 0.678. The number of hydrogen-bond donors (Lipinski definition) is 0. The van der Waals surface area contributed by atoms with Gasteiger partial charge in [0.2, 0.25) is 3.79 Å². The van der Waals surface area contributed by atoms with E-state index in [0.717, 1.165) is 24.8 Å². The summed E-state index contributed by atoms with van der Waals surface area (Å²) in [5, 5.41) is 0. The zero-order valence-corrected chi connectivity index (χ0v) is 16.2. The van der Waals surface area contributed by atoms with Gasteiger partial charge in [0, 0.05) is 17.3 Å². The molecular formula is C14H21Cl3N2O2S. The predicted molar refractivity (Wildman–Crippen MR) is 93.1 cm³/mol. The maximum atomic E-state index is 11.8. The number of unbranched alkanes of at least 4 members (excludes halogenated alkanes) is 1. The van der Waals surface area contributed by atoms with Crippen molar-refractivity contribution >= 4 is 52.4 Å². The summed E-state index contributed by atoms with van der Waals surface area (Å²) in [5.41, 5.74) is 0.966. The summed E-state index contributed by atoms with van der Waals surface area (Å²) in [4.78, 5) is 15.8. The highest BCUT2D eigenvalue weighted by Crippen LogP contribution is 2.26. The molecule has 4 nitrogen and oxygen atoms in total. The van der Waals surface area contributed by atoms with E-state index in [2.05, 4.69) is 36.6 Å². The van der Waals surface area contributed by atoms with Crippen molar-refractivity contribution in [2.24, 2.45) is 4.99 Å². The molecule has 0 aliphatic heterocycles. The highest BCUT2D eigenvalue weighted by atomic mass is 35.6. The normalized spacial score (nSPS) is 13.5. The number of aryl methyl sites for hydroxylation is 1. The number of aromatic nitrogens is 1. The lowest BCUT2D eigenvalue weighted by molar-refractivity contribution is 0.158. The first-order chi connectivity index (χ1) is 10.0. The molecule has 0 aromatic carbocycles. The molecule has 126 valence electrons. The number of ether oxygens (including phenoxy) is 1. The van der Waals surface area contributed by atoms with E-state index in [1.807, 2.05) is 6.20 Å². The van der Waals surface area contributed by atoms with Gasteiger partial charge in [0.1, 0.15) is 11.3 Å². The minimum absolute atomic E-state index is 0.0686. The van der Waals surface area contributed by atoms with Gasteiger partial charge in [-0.1, -0.05) is 48.1 Å². The third kappa shape index (κ3) is 6.90. The number of alkyl halides is 3. The van der Waals surface area contributed by atoms with Gasteiger partial charge in [-0.2, -0.15) is 4.99 Å². The van der Waals surface area contributed by atoms with Crippen LogP contribution in [-0.2, 0) is 16.7 Å². The fourth-order valence-electron chi connectivity index (χ4n) is 1.60. The lowest BCUT2D eigenvalue weighted by Gasteiger charge is -2.19. The van der Waals surface area contributed by atoms with Crippen LogP contribution in [0.15, 0.2) is 11.2 Å². The van der Waals surface area contributed by atoms with E-state index in [-0.39, 0.29) is 12.1 Å². The molecule has 1 amide bonds. The third-order valence-corrected chi connectivity index (χ3v) is 4.45. The molecule has 0 aliphatic carbocycles. The lowest BCUT2D eigenvalue weighted by atomic mass is 10.1. The van der Waals surface area contributed by atoms with E-state index in [4.69, 9.17) is 39.5 Å². The second kappa shape index (κ2) is 8.04. The summed E-state index contributed by atoms with van der Waals surface area (Å²) in [6.45, 7) is 8.08. The molecule has 0 aliphatic rings. The van der Waals surface area contributed by atoms with Crippen molar-refractivity contribution in [2.45, 2.75) is 56.3 Å². The number of hydrogen-bond acceptors (Lipinski definition) is 3. The molecule has 0 saturated heterocycles. The second-order valence-electron chi connectivity index (χ2n) is 5.93. The third-order valence-electron chi connectivity index (χ3n) is 2.75. The van der Waals surface area contributed by atoms with E-state index in [1.54, 1.807) is 0 Å². The molecule has 0 unspecified atom stereocenters. The summed E-state index contributed by atoms with van der Waals surface area (Å²) < 4.78 is 5.97. The van der Waals surface area contributed by atoms with Crippen LogP contribution in [-0.4, -0.2) is 20.4 Å². The van der Waals surface area contributed by atoms with Crippen molar-refractivity contribution in [1.29, 1.82) is 0 Å². The van der Waals surface area contributed by atoms with E-state index in [1.165, 1.54) is 11.5 Å². The van der Waals surface area contributed by atoms with Crippen molar-refractivity contribution < 1.29 is 9.53 Å². The van der Waals surface area contributed by atoms with E-state index in [9.17, 15) is 4.79 Å². The zero-order valence-electron chi connectivity index (χ0n) is 13.2. The van der Waals surface area contributed by atoms with Crippen molar-refractivity contribution in [1.82, 2.24) is 3.96 Å². The fraction of sp³-hybridized carbons (Fsp3) is 0.714. The molecule has 8 heteroatoms. The monoisotopic (exact) mass is 386 g/mol. The smallest absolute Gasteiger partial charge is 0.435 e. The van der Waals surface area contributed by atoms with Crippen LogP contribution in [0.2, 0.25) is 0 Å². The van der Waals surface area contributed by atoms with Crippen LogP contribution in [0, 0.1) is 0 Å². The van der Waals surface area contributed by atoms with Crippen LogP contribution < -0.4 is 4.67 Å². The topological polar surface area (TPSA) is 43.6 Å². The first-order valence-electron chi connectivity index (χ1n) is 7.03. The minimum Gasteiger partial charge on any atom is -0.443 e. The molecular weight excluding hydrogens is 367 g/mol. The largest absolute Gasteiger partial charge is 0.443 e. The Morgan fingerprint density at radius 3 is 2.50 bits per heavy atom. The van der Waals surface area contributed by atoms with Crippen LogP contribution in [0.5, 0.6) is 0 Å². The summed E-state index contributed by atoms with van der Waals surface area (Å²) >= 11 is 18.1. The molecule has 1 aromatic rings. The van der Waals surface area contributed by atoms with E-state index >= 15 is 0 Å². The Morgan fingerprint density at radius 2 is 2.00 bits per heavy atom.